The van der Waals surface area contributed by atoms with Gasteiger partial charge >= 0.3 is 0 Å². The van der Waals surface area contributed by atoms with Gasteiger partial charge in [-0.2, -0.15) is 0 Å². The Hall–Kier alpha value is -2.95. The van der Waals surface area contributed by atoms with E-state index in [-0.39, 0.29) is 22.4 Å². The van der Waals surface area contributed by atoms with E-state index in [2.05, 4.69) is 20.2 Å². The van der Waals surface area contributed by atoms with Gasteiger partial charge in [-0.15, -0.1) is 11.3 Å². The molecule has 1 N–H and O–H groups in total. The van der Waals surface area contributed by atoms with Crippen molar-refractivity contribution < 1.29 is 23.0 Å². The maximum absolute atomic E-state index is 14.0. The number of carbonyl (C=O) groups is 1. The van der Waals surface area contributed by atoms with Gasteiger partial charge in [0.15, 0.2) is 0 Å². The predicted molar refractivity (Wildman–Crippen MR) is 117 cm³/mol. The number of anilines is 1. The number of benzene rings is 1. The molecule has 0 bridgehead atoms. The van der Waals surface area contributed by atoms with Gasteiger partial charge in [0.25, 0.3) is 5.91 Å². The Morgan fingerprint density at radius 1 is 1.31 bits per heavy atom. The number of nitrogens with zero attached hydrogens (tertiary/aromatic N) is 3. The van der Waals surface area contributed by atoms with E-state index in [9.17, 15) is 13.6 Å². The molecular formula is C22H22F2N4O3S. The molecule has 2 aromatic heterocycles. The number of hydrogen-bond donors (Lipinski definition) is 1. The minimum absolute atomic E-state index is 0.0141. The van der Waals surface area contributed by atoms with E-state index >= 15 is 0 Å². The van der Waals surface area contributed by atoms with Crippen LogP contribution in [-0.2, 0) is 4.74 Å². The molecular weight excluding hydrogens is 438 g/mol. The van der Waals surface area contributed by atoms with Crippen LogP contribution in [0.25, 0.3) is 10.6 Å². The Morgan fingerprint density at radius 2 is 2.12 bits per heavy atom. The third-order valence-corrected chi connectivity index (χ3v) is 5.94. The second kappa shape index (κ2) is 10.1. The standard InChI is InChI=1S/C22H22F2N4O3S/c1-30-10-9-28-8-6-14(12-28)31-19-5-7-25-11-17(19)26-21(29)18-13-32-22(27-18)20-15(23)3-2-4-16(20)24/h2-5,7,11,13-14H,6,8-10,12H2,1H3,(H,26,29). The largest absolute Gasteiger partial charge is 0.487 e. The number of amides is 1. The van der Waals surface area contributed by atoms with Crippen molar-refractivity contribution in [3.8, 4) is 16.3 Å². The topological polar surface area (TPSA) is 76.6 Å². The number of aromatic nitrogens is 2. The highest BCUT2D eigenvalue weighted by atomic mass is 32.1. The second-order valence-corrected chi connectivity index (χ2v) is 8.14. The lowest BCUT2D eigenvalue weighted by atomic mass is 10.2. The van der Waals surface area contributed by atoms with Gasteiger partial charge in [-0.25, -0.2) is 13.8 Å². The highest BCUT2D eigenvalue weighted by Gasteiger charge is 2.25. The first kappa shape index (κ1) is 22.3. The Morgan fingerprint density at radius 3 is 2.91 bits per heavy atom. The smallest absolute Gasteiger partial charge is 0.275 e. The Kier molecular flexibility index (Phi) is 7.03. The molecule has 1 aliphatic rings. The van der Waals surface area contributed by atoms with Crippen LogP contribution in [0, 0.1) is 11.6 Å². The molecule has 1 atom stereocenters. The second-order valence-electron chi connectivity index (χ2n) is 7.28. The SMILES string of the molecule is COCCN1CCC(Oc2ccncc2NC(=O)c2csc(-c3c(F)cccc3F)n2)C1. The number of thiazole rings is 1. The first-order chi connectivity index (χ1) is 15.5. The molecule has 0 aliphatic carbocycles. The minimum atomic E-state index is -0.731. The van der Waals surface area contributed by atoms with Crippen molar-refractivity contribution in [3.05, 3.63) is 59.4 Å². The molecule has 32 heavy (non-hydrogen) atoms. The molecule has 3 heterocycles. The molecule has 0 saturated carbocycles. The van der Waals surface area contributed by atoms with Crippen LogP contribution < -0.4 is 10.1 Å². The van der Waals surface area contributed by atoms with E-state index in [0.29, 0.717) is 18.0 Å². The maximum atomic E-state index is 14.0. The van der Waals surface area contributed by atoms with Gasteiger partial charge in [-0.1, -0.05) is 6.07 Å². The molecule has 1 fully saturated rings. The summed E-state index contributed by atoms with van der Waals surface area (Å²) in [6.45, 7) is 3.18. The van der Waals surface area contributed by atoms with E-state index in [1.807, 2.05) is 0 Å². The fourth-order valence-electron chi connectivity index (χ4n) is 3.46. The van der Waals surface area contributed by atoms with Crippen LogP contribution in [0.3, 0.4) is 0 Å². The van der Waals surface area contributed by atoms with E-state index < -0.39 is 17.5 Å². The highest BCUT2D eigenvalue weighted by Crippen LogP contribution is 2.30. The summed E-state index contributed by atoms with van der Waals surface area (Å²) in [5, 5.41) is 4.29. The van der Waals surface area contributed by atoms with Gasteiger partial charge < -0.3 is 14.8 Å². The number of pyridine rings is 1. The molecule has 1 unspecified atom stereocenters. The fraction of sp³-hybridized carbons (Fsp3) is 0.318. The number of methoxy groups -OCH3 is 1. The van der Waals surface area contributed by atoms with E-state index in [4.69, 9.17) is 9.47 Å². The Labute approximate surface area is 188 Å². The van der Waals surface area contributed by atoms with E-state index in [1.165, 1.54) is 17.6 Å². The summed E-state index contributed by atoms with van der Waals surface area (Å²) in [4.78, 5) is 23.2. The highest BCUT2D eigenvalue weighted by molar-refractivity contribution is 7.13. The normalized spacial score (nSPS) is 16.3. The number of hydrogen-bond acceptors (Lipinski definition) is 7. The van der Waals surface area contributed by atoms with Crippen LogP contribution in [0.4, 0.5) is 14.5 Å². The summed E-state index contributed by atoms with van der Waals surface area (Å²) in [5.41, 5.74) is 0.203. The van der Waals surface area contributed by atoms with Crippen LogP contribution in [0.5, 0.6) is 5.75 Å². The van der Waals surface area contributed by atoms with Gasteiger partial charge in [0, 0.05) is 44.4 Å². The monoisotopic (exact) mass is 460 g/mol. The summed E-state index contributed by atoms with van der Waals surface area (Å²) in [6, 6.07) is 5.27. The van der Waals surface area contributed by atoms with Crippen LogP contribution >= 0.6 is 11.3 Å². The third kappa shape index (κ3) is 5.09. The third-order valence-electron chi connectivity index (χ3n) is 5.08. The zero-order chi connectivity index (χ0) is 22.5. The fourth-order valence-corrected chi connectivity index (χ4v) is 4.30. The molecule has 168 valence electrons. The number of carbonyl (C=O) groups excluding carboxylic acids is 1. The van der Waals surface area contributed by atoms with Crippen molar-refractivity contribution in [1.82, 2.24) is 14.9 Å². The predicted octanol–water partition coefficient (Wildman–Crippen LogP) is 3.84. The number of halogens is 2. The number of rotatable bonds is 8. The zero-order valence-electron chi connectivity index (χ0n) is 17.4. The molecule has 4 rings (SSSR count). The summed E-state index contributed by atoms with van der Waals surface area (Å²) in [5.74, 6) is -1.48. The molecule has 3 aromatic rings. The summed E-state index contributed by atoms with van der Waals surface area (Å²) >= 11 is 0.992. The molecule has 1 aromatic carbocycles. The molecule has 1 saturated heterocycles. The average molecular weight is 461 g/mol. The van der Waals surface area contributed by atoms with Gasteiger partial charge in [0.2, 0.25) is 0 Å². The lowest BCUT2D eigenvalue weighted by Gasteiger charge is -2.18. The maximum Gasteiger partial charge on any atom is 0.275 e. The van der Waals surface area contributed by atoms with Crippen molar-refractivity contribution >= 4 is 22.9 Å². The number of likely N-dealkylation sites (tertiary alicyclic amines) is 1. The Bertz CT molecular complexity index is 1070. The van der Waals surface area contributed by atoms with Crippen molar-refractivity contribution in [1.29, 1.82) is 0 Å². The number of ether oxygens (including phenoxy) is 2. The van der Waals surface area contributed by atoms with Gasteiger partial charge in [0.05, 0.1) is 18.4 Å². The Balaban J connectivity index is 1.44. The van der Waals surface area contributed by atoms with Crippen LogP contribution in [0.1, 0.15) is 16.9 Å². The molecule has 0 radical (unpaired) electrons. The quantitative estimate of drug-likeness (QED) is 0.551. The minimum Gasteiger partial charge on any atom is -0.487 e. The first-order valence-electron chi connectivity index (χ1n) is 10.1. The summed E-state index contributed by atoms with van der Waals surface area (Å²) < 4.78 is 39.3. The average Bonchev–Trinajstić information content (AvgIpc) is 3.43. The van der Waals surface area contributed by atoms with Crippen LogP contribution in [0.2, 0.25) is 0 Å². The van der Waals surface area contributed by atoms with Crippen LogP contribution in [-0.4, -0.2) is 60.2 Å². The molecule has 0 spiro atoms. The van der Waals surface area contributed by atoms with Crippen molar-refractivity contribution in [3.63, 3.8) is 0 Å². The molecule has 7 nitrogen and oxygen atoms in total. The van der Waals surface area contributed by atoms with Gasteiger partial charge in [-0.05, 0) is 18.6 Å². The number of nitrogens with one attached hydrogen (secondary N) is 1. The lowest BCUT2D eigenvalue weighted by Crippen LogP contribution is -2.28. The van der Waals surface area contributed by atoms with Crippen molar-refractivity contribution in [2.45, 2.75) is 12.5 Å². The van der Waals surface area contributed by atoms with Crippen LogP contribution in [0.15, 0.2) is 42.0 Å². The van der Waals surface area contributed by atoms with E-state index in [0.717, 1.165) is 49.5 Å². The van der Waals surface area contributed by atoms with Gasteiger partial charge in [0.1, 0.15) is 39.9 Å². The molecule has 10 heteroatoms. The van der Waals surface area contributed by atoms with Gasteiger partial charge in [-0.3, -0.25) is 14.7 Å². The van der Waals surface area contributed by atoms with E-state index in [1.54, 1.807) is 19.4 Å². The zero-order valence-corrected chi connectivity index (χ0v) is 18.2. The first-order valence-corrected chi connectivity index (χ1v) is 11.0. The van der Waals surface area contributed by atoms with Crippen molar-refractivity contribution in [2.24, 2.45) is 0 Å². The molecule has 1 amide bonds. The lowest BCUT2D eigenvalue weighted by molar-refractivity contribution is 0.102. The van der Waals surface area contributed by atoms with Crippen molar-refractivity contribution in [2.75, 3.05) is 38.7 Å². The summed E-state index contributed by atoms with van der Waals surface area (Å²) in [7, 11) is 1.67. The summed E-state index contributed by atoms with van der Waals surface area (Å²) in [6.07, 6.45) is 3.93. The molecule has 1 aliphatic heterocycles.